The van der Waals surface area contributed by atoms with E-state index in [2.05, 4.69) is 5.32 Å². The van der Waals surface area contributed by atoms with Gasteiger partial charge in [-0.3, -0.25) is 9.59 Å². The van der Waals surface area contributed by atoms with E-state index < -0.39 is 0 Å². The van der Waals surface area contributed by atoms with E-state index in [9.17, 15) is 9.59 Å². The SMILES string of the molecule is CC(=O)N(CCNC(=O)C(C)C)Cc1ccco1. The first kappa shape index (κ1) is 14.3. The van der Waals surface area contributed by atoms with Gasteiger partial charge in [0, 0.05) is 25.9 Å². The summed E-state index contributed by atoms with van der Waals surface area (Å²) in [5.74, 6) is 0.655. The molecule has 1 N–H and O–H groups in total. The van der Waals surface area contributed by atoms with E-state index in [0.717, 1.165) is 5.76 Å². The molecule has 1 aromatic rings. The summed E-state index contributed by atoms with van der Waals surface area (Å²) in [6.07, 6.45) is 1.58. The topological polar surface area (TPSA) is 62.6 Å². The van der Waals surface area contributed by atoms with E-state index >= 15 is 0 Å². The summed E-state index contributed by atoms with van der Waals surface area (Å²) in [7, 11) is 0. The van der Waals surface area contributed by atoms with Crippen molar-refractivity contribution in [3.05, 3.63) is 24.2 Å². The lowest BCUT2D eigenvalue weighted by molar-refractivity contribution is -0.130. The third-order valence-corrected chi connectivity index (χ3v) is 2.58. The van der Waals surface area contributed by atoms with Crippen LogP contribution < -0.4 is 5.32 Å². The molecule has 0 aliphatic rings. The Morgan fingerprint density at radius 2 is 2.17 bits per heavy atom. The Hall–Kier alpha value is -1.78. The van der Waals surface area contributed by atoms with E-state index in [1.165, 1.54) is 6.92 Å². The summed E-state index contributed by atoms with van der Waals surface area (Å²) in [6, 6.07) is 3.61. The van der Waals surface area contributed by atoms with Gasteiger partial charge in [0.2, 0.25) is 11.8 Å². The Morgan fingerprint density at radius 1 is 1.44 bits per heavy atom. The van der Waals surface area contributed by atoms with Gasteiger partial charge in [-0.1, -0.05) is 13.8 Å². The number of nitrogens with one attached hydrogen (secondary N) is 1. The standard InChI is InChI=1S/C13H20N2O3/c1-10(2)13(17)14-6-7-15(11(3)16)9-12-5-4-8-18-12/h4-5,8,10H,6-7,9H2,1-3H3,(H,14,17). The molecule has 5 nitrogen and oxygen atoms in total. The molecular weight excluding hydrogens is 232 g/mol. The van der Waals surface area contributed by atoms with Gasteiger partial charge in [-0.2, -0.15) is 0 Å². The largest absolute Gasteiger partial charge is 0.467 e. The Morgan fingerprint density at radius 3 is 2.67 bits per heavy atom. The molecule has 5 heteroatoms. The van der Waals surface area contributed by atoms with Crippen molar-refractivity contribution in [1.82, 2.24) is 10.2 Å². The van der Waals surface area contributed by atoms with E-state index in [1.807, 2.05) is 19.9 Å². The molecule has 0 fully saturated rings. The first-order valence-corrected chi connectivity index (χ1v) is 6.06. The van der Waals surface area contributed by atoms with Crippen LogP contribution in [-0.4, -0.2) is 29.8 Å². The molecule has 0 aliphatic heterocycles. The van der Waals surface area contributed by atoms with E-state index in [0.29, 0.717) is 19.6 Å². The number of hydrogen-bond donors (Lipinski definition) is 1. The molecule has 1 rings (SSSR count). The molecule has 18 heavy (non-hydrogen) atoms. The lowest BCUT2D eigenvalue weighted by Gasteiger charge is -2.20. The molecule has 0 atom stereocenters. The lowest BCUT2D eigenvalue weighted by atomic mass is 10.2. The highest BCUT2D eigenvalue weighted by atomic mass is 16.3. The third kappa shape index (κ3) is 4.61. The van der Waals surface area contributed by atoms with Gasteiger partial charge in [0.05, 0.1) is 12.8 Å². The van der Waals surface area contributed by atoms with Gasteiger partial charge in [-0.25, -0.2) is 0 Å². The molecule has 1 heterocycles. The van der Waals surface area contributed by atoms with Crippen molar-refractivity contribution in [1.29, 1.82) is 0 Å². The molecule has 100 valence electrons. The molecular formula is C13H20N2O3. The average molecular weight is 252 g/mol. The van der Waals surface area contributed by atoms with E-state index in [1.54, 1.807) is 17.2 Å². The monoisotopic (exact) mass is 252 g/mol. The molecule has 0 aromatic carbocycles. The average Bonchev–Trinajstić information content (AvgIpc) is 2.79. The van der Waals surface area contributed by atoms with Crippen molar-refractivity contribution in [2.45, 2.75) is 27.3 Å². The summed E-state index contributed by atoms with van der Waals surface area (Å²) in [5, 5.41) is 2.78. The number of carbonyl (C=O) groups is 2. The maximum absolute atomic E-state index is 11.5. The van der Waals surface area contributed by atoms with Gasteiger partial charge in [0.25, 0.3) is 0 Å². The summed E-state index contributed by atoms with van der Waals surface area (Å²) < 4.78 is 5.20. The number of hydrogen-bond acceptors (Lipinski definition) is 3. The second kappa shape index (κ2) is 6.83. The summed E-state index contributed by atoms with van der Waals surface area (Å²) in [5.41, 5.74) is 0. The Labute approximate surface area is 107 Å². The van der Waals surface area contributed by atoms with Crippen LogP contribution in [0.3, 0.4) is 0 Å². The highest BCUT2D eigenvalue weighted by molar-refractivity contribution is 5.78. The minimum Gasteiger partial charge on any atom is -0.467 e. The number of amides is 2. The Bertz CT molecular complexity index is 385. The number of carbonyl (C=O) groups excluding carboxylic acids is 2. The summed E-state index contributed by atoms with van der Waals surface area (Å²) in [6.45, 7) is 6.54. The van der Waals surface area contributed by atoms with Crippen LogP contribution in [0.1, 0.15) is 26.5 Å². The van der Waals surface area contributed by atoms with Crippen LogP contribution in [0.5, 0.6) is 0 Å². The normalized spacial score (nSPS) is 10.4. The number of nitrogens with zero attached hydrogens (tertiary/aromatic N) is 1. The van der Waals surface area contributed by atoms with Gasteiger partial charge in [-0.05, 0) is 12.1 Å². The fraction of sp³-hybridized carbons (Fsp3) is 0.538. The van der Waals surface area contributed by atoms with E-state index in [-0.39, 0.29) is 17.7 Å². The van der Waals surface area contributed by atoms with Crippen molar-refractivity contribution < 1.29 is 14.0 Å². The van der Waals surface area contributed by atoms with Gasteiger partial charge in [0.15, 0.2) is 0 Å². The van der Waals surface area contributed by atoms with Crippen LogP contribution in [0, 0.1) is 5.92 Å². The third-order valence-electron chi connectivity index (χ3n) is 2.58. The highest BCUT2D eigenvalue weighted by Crippen LogP contribution is 2.05. The molecule has 0 spiro atoms. The quantitative estimate of drug-likeness (QED) is 0.832. The summed E-state index contributed by atoms with van der Waals surface area (Å²) >= 11 is 0. The zero-order valence-electron chi connectivity index (χ0n) is 11.1. The van der Waals surface area contributed by atoms with Crippen LogP contribution in [0.25, 0.3) is 0 Å². The predicted octanol–water partition coefficient (Wildman–Crippen LogP) is 1.40. The predicted molar refractivity (Wildman–Crippen MR) is 67.6 cm³/mol. The van der Waals surface area contributed by atoms with Gasteiger partial charge in [0.1, 0.15) is 5.76 Å². The molecule has 0 unspecified atom stereocenters. The highest BCUT2D eigenvalue weighted by Gasteiger charge is 2.12. The van der Waals surface area contributed by atoms with Crippen LogP contribution in [0.2, 0.25) is 0 Å². The van der Waals surface area contributed by atoms with Crippen LogP contribution in [0.4, 0.5) is 0 Å². The fourth-order valence-electron chi connectivity index (χ4n) is 1.46. The van der Waals surface area contributed by atoms with E-state index in [4.69, 9.17) is 4.42 Å². The second-order valence-electron chi connectivity index (χ2n) is 4.47. The second-order valence-corrected chi connectivity index (χ2v) is 4.47. The molecule has 0 radical (unpaired) electrons. The van der Waals surface area contributed by atoms with Crippen LogP contribution >= 0.6 is 0 Å². The van der Waals surface area contributed by atoms with Gasteiger partial charge >= 0.3 is 0 Å². The van der Waals surface area contributed by atoms with Crippen molar-refractivity contribution in [2.75, 3.05) is 13.1 Å². The van der Waals surface area contributed by atoms with Crippen molar-refractivity contribution in [2.24, 2.45) is 5.92 Å². The first-order chi connectivity index (χ1) is 8.50. The van der Waals surface area contributed by atoms with Gasteiger partial charge < -0.3 is 14.6 Å². The van der Waals surface area contributed by atoms with Crippen LogP contribution in [-0.2, 0) is 16.1 Å². The minimum atomic E-state index is -0.0409. The minimum absolute atomic E-state index is 0.00324. The molecule has 0 saturated heterocycles. The fourth-order valence-corrected chi connectivity index (χ4v) is 1.46. The molecule has 0 bridgehead atoms. The Kier molecular flexibility index (Phi) is 5.42. The van der Waals surface area contributed by atoms with Crippen molar-refractivity contribution >= 4 is 11.8 Å². The number of furan rings is 1. The molecule has 1 aromatic heterocycles. The summed E-state index contributed by atoms with van der Waals surface area (Å²) in [4.78, 5) is 24.5. The number of rotatable bonds is 6. The maximum atomic E-state index is 11.5. The zero-order valence-corrected chi connectivity index (χ0v) is 11.1. The smallest absolute Gasteiger partial charge is 0.222 e. The van der Waals surface area contributed by atoms with Crippen LogP contribution in [0.15, 0.2) is 22.8 Å². The maximum Gasteiger partial charge on any atom is 0.222 e. The van der Waals surface area contributed by atoms with Crippen molar-refractivity contribution in [3.63, 3.8) is 0 Å². The first-order valence-electron chi connectivity index (χ1n) is 6.06. The molecule has 0 saturated carbocycles. The molecule has 2 amide bonds. The lowest BCUT2D eigenvalue weighted by Crippen LogP contribution is -2.38. The zero-order chi connectivity index (χ0) is 13.5. The van der Waals surface area contributed by atoms with Gasteiger partial charge in [-0.15, -0.1) is 0 Å². The Balaban J connectivity index is 2.39. The molecule has 0 aliphatic carbocycles. The van der Waals surface area contributed by atoms with Crippen molar-refractivity contribution in [3.8, 4) is 0 Å².